The molecule has 4 rings (SSSR count). The highest BCUT2D eigenvalue weighted by Gasteiger charge is 2.17. The second kappa shape index (κ2) is 6.55. The molecule has 0 atom stereocenters. The van der Waals surface area contributed by atoms with E-state index in [-0.39, 0.29) is 17.0 Å². The van der Waals surface area contributed by atoms with E-state index in [0.29, 0.717) is 11.5 Å². The van der Waals surface area contributed by atoms with E-state index in [1.165, 1.54) is 29.5 Å². The van der Waals surface area contributed by atoms with E-state index in [4.69, 9.17) is 4.52 Å². The quantitative estimate of drug-likeness (QED) is 0.607. The summed E-state index contributed by atoms with van der Waals surface area (Å²) in [5.74, 6) is -0.422. The summed E-state index contributed by atoms with van der Waals surface area (Å²) in [5, 5.41) is 10.4. The molecule has 9 heteroatoms. The molecule has 3 aromatic heterocycles. The van der Waals surface area contributed by atoms with E-state index in [9.17, 15) is 9.18 Å². The van der Waals surface area contributed by atoms with Crippen LogP contribution in [0.3, 0.4) is 0 Å². The second-order valence-corrected chi connectivity index (χ2v) is 5.22. The van der Waals surface area contributed by atoms with Crippen molar-refractivity contribution in [3.8, 4) is 17.1 Å². The molecular weight excluding hydrogens is 339 g/mol. The van der Waals surface area contributed by atoms with Crippen molar-refractivity contribution in [3.63, 3.8) is 0 Å². The highest BCUT2D eigenvalue weighted by Crippen LogP contribution is 2.24. The van der Waals surface area contributed by atoms with Gasteiger partial charge in [0.15, 0.2) is 17.3 Å². The zero-order valence-electron chi connectivity index (χ0n) is 13.2. The number of anilines is 1. The van der Waals surface area contributed by atoms with Crippen LogP contribution < -0.4 is 5.32 Å². The van der Waals surface area contributed by atoms with Crippen molar-refractivity contribution in [2.45, 2.75) is 0 Å². The van der Waals surface area contributed by atoms with Crippen LogP contribution in [0, 0.1) is 5.82 Å². The Labute approximate surface area is 146 Å². The molecule has 0 fully saturated rings. The van der Waals surface area contributed by atoms with Gasteiger partial charge in [-0.3, -0.25) is 4.79 Å². The Morgan fingerprint density at radius 2 is 2.08 bits per heavy atom. The first kappa shape index (κ1) is 15.6. The Balaban J connectivity index is 1.60. The summed E-state index contributed by atoms with van der Waals surface area (Å²) in [6, 6.07) is 10.8. The van der Waals surface area contributed by atoms with Crippen molar-refractivity contribution in [2.75, 3.05) is 5.32 Å². The number of rotatable bonds is 4. The summed E-state index contributed by atoms with van der Waals surface area (Å²) in [6.45, 7) is 0. The standard InChI is InChI=1S/C17H11FN6O2/c18-12-5-2-1-4-11(12)15-8-14(23-26-15)17(25)22-13-6-3-7-20-16(13)24-10-19-9-21-24/h1-10H,(H,22,25). The van der Waals surface area contributed by atoms with Crippen LogP contribution in [0.15, 0.2) is 65.8 Å². The summed E-state index contributed by atoms with van der Waals surface area (Å²) in [7, 11) is 0. The van der Waals surface area contributed by atoms with E-state index >= 15 is 0 Å². The van der Waals surface area contributed by atoms with Gasteiger partial charge in [0.25, 0.3) is 5.91 Å². The number of hydrogen-bond acceptors (Lipinski definition) is 6. The zero-order chi connectivity index (χ0) is 17.9. The molecule has 4 aromatic rings. The summed E-state index contributed by atoms with van der Waals surface area (Å²) in [5.41, 5.74) is 0.652. The predicted octanol–water partition coefficient (Wildman–Crippen LogP) is 2.71. The molecule has 0 saturated heterocycles. The van der Waals surface area contributed by atoms with E-state index in [2.05, 4.69) is 25.5 Å². The SMILES string of the molecule is O=C(Nc1cccnc1-n1cncn1)c1cc(-c2ccccc2F)on1. The third kappa shape index (κ3) is 2.93. The smallest absolute Gasteiger partial charge is 0.277 e. The number of hydrogen-bond donors (Lipinski definition) is 1. The fourth-order valence-corrected chi connectivity index (χ4v) is 2.35. The lowest BCUT2D eigenvalue weighted by Crippen LogP contribution is -2.15. The normalized spacial score (nSPS) is 10.7. The van der Waals surface area contributed by atoms with E-state index in [0.717, 1.165) is 0 Å². The van der Waals surface area contributed by atoms with E-state index in [1.807, 2.05) is 0 Å². The fourth-order valence-electron chi connectivity index (χ4n) is 2.35. The van der Waals surface area contributed by atoms with Gasteiger partial charge in [0.2, 0.25) is 0 Å². The van der Waals surface area contributed by atoms with Crippen molar-refractivity contribution in [1.82, 2.24) is 24.9 Å². The molecule has 0 spiro atoms. The van der Waals surface area contributed by atoms with Crippen LogP contribution in [0.4, 0.5) is 10.1 Å². The van der Waals surface area contributed by atoms with Crippen molar-refractivity contribution in [1.29, 1.82) is 0 Å². The number of benzene rings is 1. The minimum atomic E-state index is -0.522. The summed E-state index contributed by atoms with van der Waals surface area (Å²) in [6.07, 6.45) is 4.39. The van der Waals surface area contributed by atoms with Crippen LogP contribution in [-0.4, -0.2) is 30.8 Å². The predicted molar refractivity (Wildman–Crippen MR) is 89.0 cm³/mol. The zero-order valence-corrected chi connectivity index (χ0v) is 13.2. The fraction of sp³-hybridized carbons (Fsp3) is 0. The Morgan fingerprint density at radius 1 is 1.19 bits per heavy atom. The van der Waals surface area contributed by atoms with Crippen molar-refractivity contribution < 1.29 is 13.7 Å². The number of pyridine rings is 1. The number of halogens is 1. The van der Waals surface area contributed by atoms with Crippen LogP contribution in [0.2, 0.25) is 0 Å². The van der Waals surface area contributed by atoms with Crippen LogP contribution in [0.1, 0.15) is 10.5 Å². The average molecular weight is 350 g/mol. The molecule has 0 aliphatic rings. The first-order valence-electron chi connectivity index (χ1n) is 7.55. The molecule has 1 aromatic carbocycles. The van der Waals surface area contributed by atoms with Gasteiger partial charge in [0, 0.05) is 12.3 Å². The number of aromatic nitrogens is 5. The number of carbonyl (C=O) groups is 1. The number of nitrogens with zero attached hydrogens (tertiary/aromatic N) is 5. The minimum Gasteiger partial charge on any atom is -0.355 e. The molecule has 8 nitrogen and oxygen atoms in total. The third-order valence-electron chi connectivity index (χ3n) is 3.55. The molecule has 1 N–H and O–H groups in total. The highest BCUT2D eigenvalue weighted by atomic mass is 19.1. The topological polar surface area (TPSA) is 98.7 Å². The lowest BCUT2D eigenvalue weighted by Gasteiger charge is -2.07. The van der Waals surface area contributed by atoms with Crippen molar-refractivity contribution in [3.05, 3.63) is 72.8 Å². The minimum absolute atomic E-state index is 0.0108. The molecule has 128 valence electrons. The number of amides is 1. The molecule has 0 aliphatic heterocycles. The number of nitrogens with one attached hydrogen (secondary N) is 1. The lowest BCUT2D eigenvalue weighted by atomic mass is 10.1. The first-order chi connectivity index (χ1) is 12.7. The third-order valence-corrected chi connectivity index (χ3v) is 3.55. The monoisotopic (exact) mass is 350 g/mol. The molecule has 0 bridgehead atoms. The molecule has 0 saturated carbocycles. The summed E-state index contributed by atoms with van der Waals surface area (Å²) in [4.78, 5) is 20.5. The van der Waals surface area contributed by atoms with Crippen molar-refractivity contribution in [2.24, 2.45) is 0 Å². The van der Waals surface area contributed by atoms with Gasteiger partial charge in [0.1, 0.15) is 18.5 Å². The largest absolute Gasteiger partial charge is 0.355 e. The average Bonchev–Trinajstić information content (AvgIpc) is 3.35. The van der Waals surface area contributed by atoms with Gasteiger partial charge >= 0.3 is 0 Å². The Hall–Kier alpha value is -3.88. The molecule has 0 aliphatic carbocycles. The molecule has 3 heterocycles. The second-order valence-electron chi connectivity index (χ2n) is 5.22. The van der Waals surface area contributed by atoms with Crippen molar-refractivity contribution >= 4 is 11.6 Å². The number of carbonyl (C=O) groups excluding carboxylic acids is 1. The molecular formula is C17H11FN6O2. The molecule has 0 radical (unpaired) electrons. The molecule has 1 amide bonds. The van der Waals surface area contributed by atoms with E-state index in [1.54, 1.807) is 36.5 Å². The van der Waals surface area contributed by atoms with Gasteiger partial charge in [-0.2, -0.15) is 5.10 Å². The summed E-state index contributed by atoms with van der Waals surface area (Å²) < 4.78 is 20.3. The Bertz CT molecular complexity index is 1060. The van der Waals surface area contributed by atoms with Crippen LogP contribution in [0.5, 0.6) is 0 Å². The maximum atomic E-state index is 13.8. The Morgan fingerprint density at radius 3 is 2.88 bits per heavy atom. The lowest BCUT2D eigenvalue weighted by molar-refractivity contribution is 0.101. The first-order valence-corrected chi connectivity index (χ1v) is 7.55. The Kier molecular flexibility index (Phi) is 3.94. The van der Waals surface area contributed by atoms with Gasteiger partial charge in [-0.15, -0.1) is 0 Å². The maximum Gasteiger partial charge on any atom is 0.277 e. The van der Waals surface area contributed by atoms with Crippen LogP contribution in [-0.2, 0) is 0 Å². The highest BCUT2D eigenvalue weighted by molar-refractivity contribution is 6.04. The van der Waals surface area contributed by atoms with Gasteiger partial charge in [-0.25, -0.2) is 19.0 Å². The van der Waals surface area contributed by atoms with Gasteiger partial charge in [0.05, 0.1) is 11.3 Å². The van der Waals surface area contributed by atoms with Gasteiger partial charge in [-0.05, 0) is 24.3 Å². The van der Waals surface area contributed by atoms with Crippen LogP contribution >= 0.6 is 0 Å². The van der Waals surface area contributed by atoms with E-state index < -0.39 is 11.7 Å². The molecule has 26 heavy (non-hydrogen) atoms. The van der Waals surface area contributed by atoms with Crippen LogP contribution in [0.25, 0.3) is 17.1 Å². The van der Waals surface area contributed by atoms with Gasteiger partial charge < -0.3 is 9.84 Å². The summed E-state index contributed by atoms with van der Waals surface area (Å²) >= 11 is 0. The van der Waals surface area contributed by atoms with Gasteiger partial charge in [-0.1, -0.05) is 17.3 Å². The maximum absolute atomic E-state index is 13.8. The molecule has 0 unspecified atom stereocenters.